The third kappa shape index (κ3) is 5.13. The fraction of sp³-hybridized carbons (Fsp3) is 0.136. The highest BCUT2D eigenvalue weighted by atomic mass is 32.2. The van der Waals surface area contributed by atoms with Gasteiger partial charge in [-0.1, -0.05) is 6.07 Å². The summed E-state index contributed by atoms with van der Waals surface area (Å²) in [6.45, 7) is 0.975. The minimum absolute atomic E-state index is 0.0503. The van der Waals surface area contributed by atoms with Gasteiger partial charge in [0.05, 0.1) is 11.3 Å². The maximum Gasteiger partial charge on any atom is 0.261 e. The lowest BCUT2D eigenvalue weighted by atomic mass is 10.1. The van der Waals surface area contributed by atoms with Crippen LogP contribution in [0.25, 0.3) is 0 Å². The average Bonchev–Trinajstić information content (AvgIpc) is 2.75. The molecule has 1 heterocycles. The first-order valence-electron chi connectivity index (χ1n) is 9.46. The number of carbonyl (C=O) groups excluding carboxylic acids is 1. The molecular weight excluding hydrogens is 423 g/mol. The van der Waals surface area contributed by atoms with Crippen LogP contribution in [-0.2, 0) is 21.2 Å². The molecule has 0 fully saturated rings. The Kier molecular flexibility index (Phi) is 5.77. The first-order valence-corrected chi connectivity index (χ1v) is 10.9. The van der Waals surface area contributed by atoms with Crippen molar-refractivity contribution in [3.63, 3.8) is 0 Å². The van der Waals surface area contributed by atoms with Crippen LogP contribution in [0.15, 0.2) is 71.6 Å². The minimum atomic E-state index is -3.84. The zero-order valence-electron chi connectivity index (χ0n) is 16.3. The number of anilines is 2. The van der Waals surface area contributed by atoms with Crippen molar-refractivity contribution < 1.29 is 27.1 Å². The Bertz CT molecular complexity index is 1200. The van der Waals surface area contributed by atoms with Gasteiger partial charge in [0, 0.05) is 11.4 Å². The molecular formula is C22H19FN2O5S. The molecule has 0 spiro atoms. The van der Waals surface area contributed by atoms with Gasteiger partial charge in [0.1, 0.15) is 19.0 Å². The van der Waals surface area contributed by atoms with Gasteiger partial charge in [-0.05, 0) is 66.2 Å². The monoisotopic (exact) mass is 442 g/mol. The molecule has 0 radical (unpaired) electrons. The van der Waals surface area contributed by atoms with Crippen molar-refractivity contribution in [2.45, 2.75) is 11.3 Å². The van der Waals surface area contributed by atoms with Crippen molar-refractivity contribution in [2.75, 3.05) is 23.3 Å². The van der Waals surface area contributed by atoms with Crippen molar-refractivity contribution in [2.24, 2.45) is 0 Å². The SMILES string of the molecule is O=C(Cc1ccc2c(c1)OCCO2)Nc1ccc(NS(=O)(=O)c2ccc(F)cc2)cc1. The van der Waals surface area contributed by atoms with E-state index in [0.717, 1.165) is 17.7 Å². The van der Waals surface area contributed by atoms with Gasteiger partial charge in [-0.2, -0.15) is 0 Å². The maximum atomic E-state index is 13.0. The number of ether oxygens (including phenoxy) is 2. The lowest BCUT2D eigenvalue weighted by Gasteiger charge is -2.18. The summed E-state index contributed by atoms with van der Waals surface area (Å²) in [5.74, 6) is 0.537. The molecule has 0 aliphatic carbocycles. The van der Waals surface area contributed by atoms with Gasteiger partial charge in [0.15, 0.2) is 11.5 Å². The number of carbonyl (C=O) groups is 1. The summed E-state index contributed by atoms with van der Waals surface area (Å²) in [7, 11) is -3.84. The van der Waals surface area contributed by atoms with Crippen LogP contribution in [0.3, 0.4) is 0 Å². The third-order valence-corrected chi connectivity index (χ3v) is 5.91. The Morgan fingerprint density at radius 3 is 2.23 bits per heavy atom. The van der Waals surface area contributed by atoms with E-state index in [2.05, 4.69) is 10.0 Å². The Labute approximate surface area is 178 Å². The highest BCUT2D eigenvalue weighted by Crippen LogP contribution is 2.31. The number of halogens is 1. The van der Waals surface area contributed by atoms with E-state index in [9.17, 15) is 17.6 Å². The molecule has 1 aliphatic rings. The number of sulfonamides is 1. The summed E-state index contributed by atoms with van der Waals surface area (Å²) in [5, 5.41) is 2.77. The molecule has 0 aromatic heterocycles. The molecule has 0 saturated carbocycles. The molecule has 4 rings (SSSR count). The number of hydrogen-bond donors (Lipinski definition) is 2. The van der Waals surface area contributed by atoms with Gasteiger partial charge in [0.2, 0.25) is 5.91 Å². The van der Waals surface area contributed by atoms with Crippen molar-refractivity contribution in [3.8, 4) is 11.5 Å². The minimum Gasteiger partial charge on any atom is -0.486 e. The molecule has 1 aliphatic heterocycles. The quantitative estimate of drug-likeness (QED) is 0.609. The Morgan fingerprint density at radius 1 is 0.871 bits per heavy atom. The van der Waals surface area contributed by atoms with E-state index in [1.807, 2.05) is 0 Å². The second-order valence-corrected chi connectivity index (χ2v) is 8.52. The van der Waals surface area contributed by atoms with Crippen LogP contribution < -0.4 is 19.5 Å². The predicted molar refractivity (Wildman–Crippen MR) is 113 cm³/mol. The molecule has 7 nitrogen and oxygen atoms in total. The summed E-state index contributed by atoms with van der Waals surface area (Å²) >= 11 is 0. The van der Waals surface area contributed by atoms with E-state index in [4.69, 9.17) is 9.47 Å². The molecule has 1 amide bonds. The lowest BCUT2D eigenvalue weighted by molar-refractivity contribution is -0.115. The highest BCUT2D eigenvalue weighted by molar-refractivity contribution is 7.92. The molecule has 160 valence electrons. The number of hydrogen-bond acceptors (Lipinski definition) is 5. The van der Waals surface area contributed by atoms with E-state index in [1.54, 1.807) is 30.3 Å². The topological polar surface area (TPSA) is 93.7 Å². The molecule has 9 heteroatoms. The summed E-state index contributed by atoms with van der Waals surface area (Å²) in [4.78, 5) is 12.3. The van der Waals surface area contributed by atoms with Gasteiger partial charge in [-0.3, -0.25) is 9.52 Å². The number of rotatable bonds is 6. The van der Waals surface area contributed by atoms with E-state index in [1.165, 1.54) is 24.3 Å². The van der Waals surface area contributed by atoms with Crippen molar-refractivity contribution >= 4 is 27.3 Å². The van der Waals surface area contributed by atoms with Crippen LogP contribution in [0.2, 0.25) is 0 Å². The molecule has 2 N–H and O–H groups in total. The molecule has 0 atom stereocenters. The molecule has 0 saturated heterocycles. The fourth-order valence-electron chi connectivity index (χ4n) is 3.04. The standard InChI is InChI=1S/C22H19FN2O5S/c23-16-2-8-19(9-3-16)31(27,28)25-18-6-4-17(5-7-18)24-22(26)14-15-1-10-20-21(13-15)30-12-11-29-20/h1-10,13,25H,11-12,14H2,(H,24,26). The summed E-state index contributed by atoms with van der Waals surface area (Å²) in [6, 6.07) is 16.1. The normalized spacial score (nSPS) is 12.8. The van der Waals surface area contributed by atoms with Crippen LogP contribution in [0, 0.1) is 5.82 Å². The van der Waals surface area contributed by atoms with Crippen LogP contribution in [0.1, 0.15) is 5.56 Å². The summed E-state index contributed by atoms with van der Waals surface area (Å²) < 4.78 is 51.1. The predicted octanol–water partition coefficient (Wildman–Crippen LogP) is 3.58. The Hall–Kier alpha value is -3.59. The van der Waals surface area contributed by atoms with Crippen molar-refractivity contribution in [3.05, 3.63) is 78.1 Å². The lowest BCUT2D eigenvalue weighted by Crippen LogP contribution is -2.17. The molecule has 3 aromatic rings. The van der Waals surface area contributed by atoms with E-state index in [0.29, 0.717) is 36.1 Å². The molecule has 0 unspecified atom stereocenters. The van der Waals surface area contributed by atoms with Gasteiger partial charge < -0.3 is 14.8 Å². The van der Waals surface area contributed by atoms with E-state index in [-0.39, 0.29) is 17.2 Å². The van der Waals surface area contributed by atoms with E-state index >= 15 is 0 Å². The maximum absolute atomic E-state index is 13.0. The Morgan fingerprint density at radius 2 is 1.52 bits per heavy atom. The Balaban J connectivity index is 1.37. The average molecular weight is 442 g/mol. The largest absolute Gasteiger partial charge is 0.486 e. The first-order chi connectivity index (χ1) is 14.9. The van der Waals surface area contributed by atoms with E-state index < -0.39 is 15.8 Å². The van der Waals surface area contributed by atoms with Crippen LogP contribution in [0.4, 0.5) is 15.8 Å². The fourth-order valence-corrected chi connectivity index (χ4v) is 4.10. The second kappa shape index (κ2) is 8.65. The second-order valence-electron chi connectivity index (χ2n) is 6.84. The van der Waals surface area contributed by atoms with Crippen molar-refractivity contribution in [1.29, 1.82) is 0 Å². The van der Waals surface area contributed by atoms with Crippen molar-refractivity contribution in [1.82, 2.24) is 0 Å². The smallest absolute Gasteiger partial charge is 0.261 e. The third-order valence-electron chi connectivity index (χ3n) is 4.52. The van der Waals surface area contributed by atoms with Crippen LogP contribution in [-0.4, -0.2) is 27.5 Å². The van der Waals surface area contributed by atoms with Crippen LogP contribution >= 0.6 is 0 Å². The van der Waals surface area contributed by atoms with Gasteiger partial charge in [-0.25, -0.2) is 12.8 Å². The molecule has 3 aromatic carbocycles. The number of nitrogens with one attached hydrogen (secondary N) is 2. The summed E-state index contributed by atoms with van der Waals surface area (Å²) in [5.41, 5.74) is 1.62. The van der Waals surface area contributed by atoms with Gasteiger partial charge >= 0.3 is 0 Å². The summed E-state index contributed by atoms with van der Waals surface area (Å²) in [6.07, 6.45) is 0.148. The molecule has 31 heavy (non-hydrogen) atoms. The number of benzene rings is 3. The first kappa shape index (κ1) is 20.7. The molecule has 0 bridgehead atoms. The van der Waals surface area contributed by atoms with Crippen LogP contribution in [0.5, 0.6) is 11.5 Å². The van der Waals surface area contributed by atoms with Gasteiger partial charge in [-0.15, -0.1) is 0 Å². The van der Waals surface area contributed by atoms with Gasteiger partial charge in [0.25, 0.3) is 10.0 Å². The zero-order valence-corrected chi connectivity index (χ0v) is 17.1. The number of fused-ring (bicyclic) bond motifs is 1. The number of amides is 1. The zero-order chi connectivity index (χ0) is 21.8. The highest BCUT2D eigenvalue weighted by Gasteiger charge is 2.15.